The van der Waals surface area contributed by atoms with Crippen LogP contribution in [0, 0.1) is 0 Å². The summed E-state index contributed by atoms with van der Waals surface area (Å²) in [6.45, 7) is 1.96. The van der Waals surface area contributed by atoms with E-state index >= 15 is 0 Å². The van der Waals surface area contributed by atoms with E-state index in [4.69, 9.17) is 14.3 Å². The molecule has 0 amide bonds. The third kappa shape index (κ3) is 2.85. The second kappa shape index (κ2) is 6.09. The number of carboxylic acid groups (broad SMARTS) is 1. The fourth-order valence-electron chi connectivity index (χ4n) is 1.84. The minimum absolute atomic E-state index is 0.100. The van der Waals surface area contributed by atoms with E-state index < -0.39 is 5.97 Å². The van der Waals surface area contributed by atoms with Crippen molar-refractivity contribution < 1.29 is 19.1 Å². The summed E-state index contributed by atoms with van der Waals surface area (Å²) in [5.41, 5.74) is 1.12. The van der Waals surface area contributed by atoms with E-state index in [0.29, 0.717) is 23.4 Å². The Balaban J connectivity index is 2.52. The lowest BCUT2D eigenvalue weighted by atomic mass is 10.2. The molecule has 1 N–H and O–H groups in total. The van der Waals surface area contributed by atoms with Crippen LogP contribution in [0.1, 0.15) is 29.6 Å². The Labute approximate surface area is 124 Å². The minimum atomic E-state index is -1.11. The number of carbonyl (C=O) groups is 1. The zero-order chi connectivity index (χ0) is 14.7. The lowest BCUT2D eigenvalue weighted by molar-refractivity contribution is 0.0661. The van der Waals surface area contributed by atoms with E-state index in [1.54, 1.807) is 25.3 Å². The van der Waals surface area contributed by atoms with Crippen molar-refractivity contribution in [2.24, 2.45) is 0 Å². The van der Waals surface area contributed by atoms with Gasteiger partial charge in [-0.1, -0.05) is 13.3 Å². The molecule has 1 aromatic heterocycles. The lowest BCUT2D eigenvalue weighted by Gasteiger charge is -2.03. The number of carboxylic acids is 1. The lowest BCUT2D eigenvalue weighted by Crippen LogP contribution is -1.99. The first-order chi connectivity index (χ1) is 9.56. The summed E-state index contributed by atoms with van der Waals surface area (Å²) in [5, 5.41) is 9.15. The standard InChI is InChI=1S/C14H14BrNO4/c1-3-4-11-12(14(17)18)20-13(16-11)9-7-8(19-2)5-6-10(9)15/h5-7H,3-4H2,1-2H3,(H,17,18). The van der Waals surface area contributed by atoms with Crippen LogP contribution in [0.25, 0.3) is 11.5 Å². The molecular weight excluding hydrogens is 326 g/mol. The number of aromatic nitrogens is 1. The molecule has 0 aliphatic rings. The summed E-state index contributed by atoms with van der Waals surface area (Å²) in [7, 11) is 1.56. The molecule has 0 saturated heterocycles. The van der Waals surface area contributed by atoms with Gasteiger partial charge >= 0.3 is 5.97 Å². The van der Waals surface area contributed by atoms with Gasteiger partial charge in [0.15, 0.2) is 0 Å². The molecule has 0 aliphatic heterocycles. The fraction of sp³-hybridized carbons (Fsp3) is 0.286. The van der Waals surface area contributed by atoms with Gasteiger partial charge in [0.2, 0.25) is 11.7 Å². The highest BCUT2D eigenvalue weighted by atomic mass is 79.9. The first-order valence-electron chi connectivity index (χ1n) is 6.13. The summed E-state index contributed by atoms with van der Waals surface area (Å²) in [4.78, 5) is 15.5. The molecule has 5 nitrogen and oxygen atoms in total. The quantitative estimate of drug-likeness (QED) is 0.897. The number of hydrogen-bond donors (Lipinski definition) is 1. The molecule has 1 aromatic carbocycles. The fourth-order valence-corrected chi connectivity index (χ4v) is 2.25. The third-order valence-corrected chi connectivity index (χ3v) is 3.47. The number of oxazole rings is 1. The molecule has 0 saturated carbocycles. The number of rotatable bonds is 5. The van der Waals surface area contributed by atoms with Crippen molar-refractivity contribution in [3.8, 4) is 17.2 Å². The van der Waals surface area contributed by atoms with Gasteiger partial charge in [-0.3, -0.25) is 0 Å². The van der Waals surface area contributed by atoms with Gasteiger partial charge in [-0.25, -0.2) is 9.78 Å². The smallest absolute Gasteiger partial charge is 0.373 e. The highest BCUT2D eigenvalue weighted by molar-refractivity contribution is 9.10. The van der Waals surface area contributed by atoms with E-state index in [1.807, 2.05) is 6.92 Å². The molecule has 6 heteroatoms. The number of halogens is 1. The largest absolute Gasteiger partial charge is 0.497 e. The van der Waals surface area contributed by atoms with E-state index in [-0.39, 0.29) is 11.7 Å². The van der Waals surface area contributed by atoms with Gasteiger partial charge in [-0.15, -0.1) is 0 Å². The molecule has 20 heavy (non-hydrogen) atoms. The number of ether oxygens (including phenoxy) is 1. The zero-order valence-electron chi connectivity index (χ0n) is 11.1. The van der Waals surface area contributed by atoms with Crippen LogP contribution in [0.4, 0.5) is 0 Å². The van der Waals surface area contributed by atoms with Crippen LogP contribution < -0.4 is 4.74 Å². The van der Waals surface area contributed by atoms with Crippen LogP contribution in [-0.4, -0.2) is 23.2 Å². The van der Waals surface area contributed by atoms with Gasteiger partial charge in [0.25, 0.3) is 0 Å². The van der Waals surface area contributed by atoms with Crippen molar-refractivity contribution in [2.45, 2.75) is 19.8 Å². The van der Waals surface area contributed by atoms with Crippen molar-refractivity contribution in [1.29, 1.82) is 0 Å². The van der Waals surface area contributed by atoms with E-state index in [0.717, 1.165) is 10.9 Å². The molecule has 2 aromatic rings. The van der Waals surface area contributed by atoms with Crippen LogP contribution in [-0.2, 0) is 6.42 Å². The average Bonchev–Trinajstić information content (AvgIpc) is 2.84. The molecule has 0 bridgehead atoms. The van der Waals surface area contributed by atoms with Gasteiger partial charge in [-0.2, -0.15) is 0 Å². The molecular formula is C14H14BrNO4. The van der Waals surface area contributed by atoms with Crippen molar-refractivity contribution in [3.05, 3.63) is 34.1 Å². The number of methoxy groups -OCH3 is 1. The van der Waals surface area contributed by atoms with E-state index in [2.05, 4.69) is 20.9 Å². The van der Waals surface area contributed by atoms with Crippen LogP contribution in [0.2, 0.25) is 0 Å². The van der Waals surface area contributed by atoms with Crippen LogP contribution in [0.3, 0.4) is 0 Å². The Morgan fingerprint density at radius 3 is 2.85 bits per heavy atom. The SMILES string of the molecule is CCCc1nc(-c2cc(OC)ccc2Br)oc1C(=O)O. The maximum absolute atomic E-state index is 11.2. The Hall–Kier alpha value is -1.82. The number of hydrogen-bond acceptors (Lipinski definition) is 4. The summed E-state index contributed by atoms with van der Waals surface area (Å²) in [6, 6.07) is 5.34. The predicted molar refractivity (Wildman–Crippen MR) is 77.1 cm³/mol. The van der Waals surface area contributed by atoms with Gasteiger partial charge < -0.3 is 14.3 Å². The molecule has 106 valence electrons. The van der Waals surface area contributed by atoms with Crippen molar-refractivity contribution in [3.63, 3.8) is 0 Å². The highest BCUT2D eigenvalue weighted by Gasteiger charge is 2.21. The number of aryl methyl sites for hydroxylation is 1. The van der Waals surface area contributed by atoms with Crippen molar-refractivity contribution >= 4 is 21.9 Å². The third-order valence-electron chi connectivity index (χ3n) is 2.78. The van der Waals surface area contributed by atoms with E-state index in [9.17, 15) is 4.79 Å². The van der Waals surface area contributed by atoms with Crippen LogP contribution in [0.15, 0.2) is 27.1 Å². The van der Waals surface area contributed by atoms with Gasteiger partial charge in [-0.05, 0) is 40.5 Å². The Morgan fingerprint density at radius 1 is 1.50 bits per heavy atom. The van der Waals surface area contributed by atoms with Gasteiger partial charge in [0.05, 0.1) is 18.4 Å². The predicted octanol–water partition coefficient (Wildman–Crippen LogP) is 3.76. The summed E-state index contributed by atoms with van der Waals surface area (Å²) in [5.74, 6) is -0.283. The van der Waals surface area contributed by atoms with E-state index in [1.165, 1.54) is 0 Å². The first-order valence-corrected chi connectivity index (χ1v) is 6.93. The molecule has 0 unspecified atom stereocenters. The molecule has 1 heterocycles. The number of aromatic carboxylic acids is 1. The maximum Gasteiger partial charge on any atom is 0.373 e. The van der Waals surface area contributed by atoms with Crippen LogP contribution >= 0.6 is 15.9 Å². The van der Waals surface area contributed by atoms with Gasteiger partial charge in [0, 0.05) is 4.47 Å². The van der Waals surface area contributed by atoms with Crippen molar-refractivity contribution in [1.82, 2.24) is 4.98 Å². The second-order valence-corrected chi connectivity index (χ2v) is 5.05. The minimum Gasteiger partial charge on any atom is -0.497 e. The normalized spacial score (nSPS) is 10.6. The Kier molecular flexibility index (Phi) is 4.44. The number of benzene rings is 1. The summed E-state index contributed by atoms with van der Waals surface area (Å²) in [6.07, 6.45) is 1.36. The van der Waals surface area contributed by atoms with Crippen LogP contribution in [0.5, 0.6) is 5.75 Å². The molecule has 2 rings (SSSR count). The molecule has 0 spiro atoms. The molecule has 0 radical (unpaired) electrons. The maximum atomic E-state index is 11.2. The highest BCUT2D eigenvalue weighted by Crippen LogP contribution is 2.32. The first kappa shape index (κ1) is 14.6. The van der Waals surface area contributed by atoms with Crippen molar-refractivity contribution in [2.75, 3.05) is 7.11 Å². The number of nitrogens with zero attached hydrogens (tertiary/aromatic N) is 1. The molecule has 0 aliphatic carbocycles. The molecule has 0 fully saturated rings. The molecule has 0 atom stereocenters. The Morgan fingerprint density at radius 2 is 2.25 bits per heavy atom. The second-order valence-electron chi connectivity index (χ2n) is 4.20. The zero-order valence-corrected chi connectivity index (χ0v) is 12.7. The average molecular weight is 340 g/mol. The summed E-state index contributed by atoms with van der Waals surface area (Å²) < 4.78 is 11.3. The topological polar surface area (TPSA) is 72.6 Å². The van der Waals surface area contributed by atoms with Gasteiger partial charge in [0.1, 0.15) is 5.75 Å². The Bertz CT molecular complexity index is 636. The monoisotopic (exact) mass is 339 g/mol. The summed E-state index contributed by atoms with van der Waals surface area (Å²) >= 11 is 3.40.